The number of sulfonamides is 1. The monoisotopic (exact) mass is 308 g/mol. The van der Waals surface area contributed by atoms with Crippen molar-refractivity contribution in [2.45, 2.75) is 11.4 Å². The van der Waals surface area contributed by atoms with Crippen molar-refractivity contribution < 1.29 is 17.6 Å². The second-order valence-electron chi connectivity index (χ2n) is 4.34. The quantitative estimate of drug-likeness (QED) is 0.875. The molecule has 0 radical (unpaired) electrons. The molecule has 5 nitrogen and oxygen atoms in total. The molecule has 0 aliphatic carbocycles. The maximum Gasteiger partial charge on any atom is 0.248 e. The fourth-order valence-electron chi connectivity index (χ4n) is 1.66. The van der Waals surface area contributed by atoms with E-state index in [0.717, 1.165) is 12.1 Å². The van der Waals surface area contributed by atoms with Gasteiger partial charge in [-0.1, -0.05) is 12.1 Å². The van der Waals surface area contributed by atoms with E-state index in [4.69, 9.17) is 5.73 Å². The first-order valence-corrected chi connectivity index (χ1v) is 7.51. The summed E-state index contributed by atoms with van der Waals surface area (Å²) in [6.07, 6.45) is 0. The van der Waals surface area contributed by atoms with Gasteiger partial charge < -0.3 is 5.73 Å². The lowest BCUT2D eigenvalue weighted by Gasteiger charge is -2.07. The molecular formula is C14H13FN2O3S. The van der Waals surface area contributed by atoms with Gasteiger partial charge in [0, 0.05) is 12.1 Å². The minimum Gasteiger partial charge on any atom is -0.366 e. The van der Waals surface area contributed by atoms with Crippen molar-refractivity contribution in [3.8, 4) is 0 Å². The Kier molecular flexibility index (Phi) is 4.35. The van der Waals surface area contributed by atoms with Gasteiger partial charge in [0.05, 0.1) is 4.90 Å². The first-order chi connectivity index (χ1) is 9.88. The van der Waals surface area contributed by atoms with Gasteiger partial charge >= 0.3 is 0 Å². The van der Waals surface area contributed by atoms with Crippen LogP contribution in [0.15, 0.2) is 53.4 Å². The number of carbonyl (C=O) groups excluding carboxylic acids is 1. The van der Waals surface area contributed by atoms with Gasteiger partial charge in [-0.2, -0.15) is 0 Å². The first-order valence-electron chi connectivity index (χ1n) is 6.02. The largest absolute Gasteiger partial charge is 0.366 e. The number of rotatable bonds is 5. The number of amides is 1. The van der Waals surface area contributed by atoms with E-state index in [0.29, 0.717) is 11.1 Å². The zero-order valence-electron chi connectivity index (χ0n) is 10.9. The van der Waals surface area contributed by atoms with Crippen molar-refractivity contribution in [2.24, 2.45) is 5.73 Å². The van der Waals surface area contributed by atoms with E-state index in [2.05, 4.69) is 4.72 Å². The van der Waals surface area contributed by atoms with Crippen molar-refractivity contribution in [3.63, 3.8) is 0 Å². The van der Waals surface area contributed by atoms with Crippen LogP contribution >= 0.6 is 0 Å². The normalized spacial score (nSPS) is 11.3. The van der Waals surface area contributed by atoms with Crippen LogP contribution in [0.5, 0.6) is 0 Å². The smallest absolute Gasteiger partial charge is 0.248 e. The molecule has 110 valence electrons. The molecule has 0 spiro atoms. The minimum atomic E-state index is -3.71. The molecule has 0 heterocycles. The molecule has 0 aromatic heterocycles. The fourth-order valence-corrected chi connectivity index (χ4v) is 2.68. The van der Waals surface area contributed by atoms with Gasteiger partial charge in [0.25, 0.3) is 0 Å². The third-order valence-electron chi connectivity index (χ3n) is 2.83. The maximum absolute atomic E-state index is 12.8. The highest BCUT2D eigenvalue weighted by atomic mass is 32.2. The van der Waals surface area contributed by atoms with Gasteiger partial charge in [0.2, 0.25) is 15.9 Å². The summed E-state index contributed by atoms with van der Waals surface area (Å²) in [5.41, 5.74) is 6.13. The van der Waals surface area contributed by atoms with Crippen molar-refractivity contribution in [2.75, 3.05) is 0 Å². The Morgan fingerprint density at radius 3 is 2.14 bits per heavy atom. The van der Waals surface area contributed by atoms with Crippen molar-refractivity contribution >= 4 is 15.9 Å². The number of hydrogen-bond donors (Lipinski definition) is 2. The third-order valence-corrected chi connectivity index (χ3v) is 4.25. The van der Waals surface area contributed by atoms with Crippen LogP contribution < -0.4 is 10.5 Å². The van der Waals surface area contributed by atoms with Crippen molar-refractivity contribution in [1.82, 2.24) is 4.72 Å². The molecule has 7 heteroatoms. The van der Waals surface area contributed by atoms with Crippen molar-refractivity contribution in [1.29, 1.82) is 0 Å². The third kappa shape index (κ3) is 3.87. The summed E-state index contributed by atoms with van der Waals surface area (Å²) >= 11 is 0. The topological polar surface area (TPSA) is 89.3 Å². The highest BCUT2D eigenvalue weighted by Gasteiger charge is 2.13. The summed E-state index contributed by atoms with van der Waals surface area (Å²) in [6, 6.07) is 10.8. The molecule has 3 N–H and O–H groups in total. The van der Waals surface area contributed by atoms with Crippen LogP contribution in [0.1, 0.15) is 15.9 Å². The molecule has 0 aliphatic rings. The van der Waals surface area contributed by atoms with Crippen LogP contribution in [0.4, 0.5) is 4.39 Å². The zero-order valence-corrected chi connectivity index (χ0v) is 11.7. The van der Waals surface area contributed by atoms with E-state index in [-0.39, 0.29) is 11.4 Å². The molecule has 1 amide bonds. The highest BCUT2D eigenvalue weighted by Crippen LogP contribution is 2.11. The van der Waals surface area contributed by atoms with Gasteiger partial charge in [-0.15, -0.1) is 0 Å². The molecule has 2 aromatic rings. The molecule has 21 heavy (non-hydrogen) atoms. The zero-order chi connectivity index (χ0) is 15.5. The van der Waals surface area contributed by atoms with E-state index in [9.17, 15) is 17.6 Å². The van der Waals surface area contributed by atoms with Crippen LogP contribution in [0.3, 0.4) is 0 Å². The lowest BCUT2D eigenvalue weighted by Crippen LogP contribution is -2.23. The van der Waals surface area contributed by atoms with Gasteiger partial charge in [0.1, 0.15) is 5.82 Å². The van der Waals surface area contributed by atoms with E-state index >= 15 is 0 Å². The summed E-state index contributed by atoms with van der Waals surface area (Å²) < 4.78 is 39.1. The van der Waals surface area contributed by atoms with Crippen molar-refractivity contribution in [3.05, 3.63) is 65.5 Å². The van der Waals surface area contributed by atoms with Crippen LogP contribution in [0.2, 0.25) is 0 Å². The van der Waals surface area contributed by atoms with Gasteiger partial charge in [-0.05, 0) is 42.0 Å². The molecule has 0 saturated carbocycles. The number of halogens is 1. The predicted molar refractivity (Wildman–Crippen MR) is 75.4 cm³/mol. The molecule has 2 aromatic carbocycles. The Balaban J connectivity index is 2.08. The Morgan fingerprint density at radius 2 is 1.62 bits per heavy atom. The molecule has 0 saturated heterocycles. The minimum absolute atomic E-state index is 0.0161. The van der Waals surface area contributed by atoms with Crippen LogP contribution in [0.25, 0.3) is 0 Å². The lowest BCUT2D eigenvalue weighted by atomic mass is 10.1. The standard InChI is InChI=1S/C14H13FN2O3S/c15-12-5-7-13(8-6-12)21(19,20)17-9-10-1-3-11(4-2-10)14(16)18/h1-8,17H,9H2,(H2,16,18). The second-order valence-corrected chi connectivity index (χ2v) is 6.11. The molecule has 0 fully saturated rings. The van der Waals surface area contributed by atoms with E-state index in [1.807, 2.05) is 0 Å². The average molecular weight is 308 g/mol. The molecule has 0 bridgehead atoms. The van der Waals surface area contributed by atoms with Crippen LogP contribution in [-0.2, 0) is 16.6 Å². The fraction of sp³-hybridized carbons (Fsp3) is 0.0714. The van der Waals surface area contributed by atoms with E-state index < -0.39 is 21.7 Å². The summed E-state index contributed by atoms with van der Waals surface area (Å²) in [7, 11) is -3.71. The van der Waals surface area contributed by atoms with E-state index in [1.54, 1.807) is 12.1 Å². The number of carbonyl (C=O) groups is 1. The summed E-state index contributed by atoms with van der Waals surface area (Å²) in [5, 5.41) is 0. The number of benzene rings is 2. The van der Waals surface area contributed by atoms with Gasteiger partial charge in [-0.25, -0.2) is 17.5 Å². The van der Waals surface area contributed by atoms with Gasteiger partial charge in [-0.3, -0.25) is 4.79 Å². The molecule has 0 atom stereocenters. The summed E-state index contributed by atoms with van der Waals surface area (Å²) in [4.78, 5) is 10.9. The maximum atomic E-state index is 12.8. The summed E-state index contributed by atoms with van der Waals surface area (Å²) in [5.74, 6) is -1.05. The van der Waals surface area contributed by atoms with Gasteiger partial charge in [0.15, 0.2) is 0 Å². The molecule has 0 aliphatic heterocycles. The van der Waals surface area contributed by atoms with E-state index in [1.165, 1.54) is 24.3 Å². The molecular weight excluding hydrogens is 295 g/mol. The Labute approximate surface area is 121 Å². The average Bonchev–Trinajstić information content (AvgIpc) is 2.46. The number of nitrogens with two attached hydrogens (primary N) is 1. The molecule has 2 rings (SSSR count). The highest BCUT2D eigenvalue weighted by molar-refractivity contribution is 7.89. The summed E-state index contributed by atoms with van der Waals surface area (Å²) in [6.45, 7) is 0.0543. The second kappa shape index (κ2) is 6.02. The first kappa shape index (κ1) is 15.1. The van der Waals surface area contributed by atoms with Crippen LogP contribution in [0, 0.1) is 5.82 Å². The Bertz CT molecular complexity index is 741. The Morgan fingerprint density at radius 1 is 1.05 bits per heavy atom. The van der Waals surface area contributed by atoms with Crippen LogP contribution in [-0.4, -0.2) is 14.3 Å². The Hall–Kier alpha value is -2.25. The molecule has 0 unspecified atom stereocenters. The SMILES string of the molecule is NC(=O)c1ccc(CNS(=O)(=O)c2ccc(F)cc2)cc1. The number of nitrogens with one attached hydrogen (secondary N) is 1. The predicted octanol–water partition coefficient (Wildman–Crippen LogP) is 1.40. The number of primary amides is 1. The lowest BCUT2D eigenvalue weighted by molar-refractivity contribution is 0.100. The number of hydrogen-bond acceptors (Lipinski definition) is 3.